The first kappa shape index (κ1) is 11.7. The third kappa shape index (κ3) is 2.17. The molecule has 2 aromatic heterocycles. The van der Waals surface area contributed by atoms with E-state index in [1.165, 1.54) is 6.20 Å². The Morgan fingerprint density at radius 3 is 2.68 bits per heavy atom. The van der Waals surface area contributed by atoms with Crippen LogP contribution in [0.4, 0.5) is 5.82 Å². The second kappa shape index (κ2) is 4.74. The highest BCUT2D eigenvalue weighted by atomic mass is 32.2. The molecule has 2 heterocycles. The summed E-state index contributed by atoms with van der Waals surface area (Å²) in [6, 6.07) is 10.8. The fourth-order valence-corrected chi connectivity index (χ4v) is 2.86. The van der Waals surface area contributed by atoms with Gasteiger partial charge >= 0.3 is 0 Å². The highest BCUT2D eigenvalue weighted by molar-refractivity contribution is 7.85. The highest BCUT2D eigenvalue weighted by Crippen LogP contribution is 2.22. The Balaban J connectivity index is 2.17. The smallest absolute Gasteiger partial charge is 0.225 e. The van der Waals surface area contributed by atoms with Crippen LogP contribution >= 0.6 is 0 Å². The molecule has 3 rings (SSSR count). The summed E-state index contributed by atoms with van der Waals surface area (Å²) < 4.78 is 12.5. The lowest BCUT2D eigenvalue weighted by Gasteiger charge is -2.04. The average Bonchev–Trinajstić information content (AvgIpc) is 2.46. The molecule has 6 heteroatoms. The summed E-state index contributed by atoms with van der Waals surface area (Å²) in [6.45, 7) is 0. The van der Waals surface area contributed by atoms with Gasteiger partial charge in [0.15, 0.2) is 0 Å². The van der Waals surface area contributed by atoms with Crippen LogP contribution in [0.2, 0.25) is 0 Å². The van der Waals surface area contributed by atoms with E-state index in [0.717, 1.165) is 5.39 Å². The van der Waals surface area contributed by atoms with E-state index in [-0.39, 0.29) is 5.16 Å². The molecule has 1 atom stereocenters. The van der Waals surface area contributed by atoms with E-state index in [4.69, 9.17) is 5.73 Å². The van der Waals surface area contributed by atoms with Gasteiger partial charge in [-0.25, -0.2) is 14.2 Å². The maximum atomic E-state index is 12.5. The van der Waals surface area contributed by atoms with Gasteiger partial charge < -0.3 is 5.73 Å². The van der Waals surface area contributed by atoms with Gasteiger partial charge in [-0.05, 0) is 18.2 Å². The molecule has 0 fully saturated rings. The highest BCUT2D eigenvalue weighted by Gasteiger charge is 2.14. The van der Waals surface area contributed by atoms with Gasteiger partial charge in [0.2, 0.25) is 5.16 Å². The topological polar surface area (TPSA) is 81.8 Å². The van der Waals surface area contributed by atoms with Gasteiger partial charge in [-0.1, -0.05) is 18.2 Å². The summed E-state index contributed by atoms with van der Waals surface area (Å²) in [7, 11) is -1.50. The summed E-state index contributed by atoms with van der Waals surface area (Å²) in [5, 5.41) is 1.12. The molecule has 0 bridgehead atoms. The number of nitrogen functional groups attached to an aromatic ring is 1. The first-order valence-corrected chi connectivity index (χ1v) is 6.75. The summed E-state index contributed by atoms with van der Waals surface area (Å²) in [6.07, 6.45) is 3.16. The molecule has 2 N–H and O–H groups in total. The number of rotatable bonds is 2. The van der Waals surface area contributed by atoms with Crippen molar-refractivity contribution in [2.24, 2.45) is 0 Å². The van der Waals surface area contributed by atoms with Crippen LogP contribution in [-0.2, 0) is 10.8 Å². The number of hydrogen-bond donors (Lipinski definition) is 1. The second-order valence-corrected chi connectivity index (χ2v) is 5.21. The van der Waals surface area contributed by atoms with Gasteiger partial charge in [-0.2, -0.15) is 0 Å². The summed E-state index contributed by atoms with van der Waals surface area (Å²) in [5.41, 5.74) is 6.28. The largest absolute Gasteiger partial charge is 0.384 e. The molecule has 0 spiro atoms. The Morgan fingerprint density at radius 2 is 1.84 bits per heavy atom. The van der Waals surface area contributed by atoms with Crippen LogP contribution in [0, 0.1) is 0 Å². The molecule has 0 radical (unpaired) electrons. The van der Waals surface area contributed by atoms with E-state index in [1.807, 2.05) is 24.3 Å². The molecular formula is C13H10N4OS. The molecule has 0 aliphatic carbocycles. The lowest BCUT2D eigenvalue weighted by molar-refractivity contribution is 0.676. The van der Waals surface area contributed by atoms with Gasteiger partial charge in [0.25, 0.3) is 0 Å². The molecule has 19 heavy (non-hydrogen) atoms. The summed E-state index contributed by atoms with van der Waals surface area (Å²) in [4.78, 5) is 12.9. The van der Waals surface area contributed by atoms with Gasteiger partial charge in [0.05, 0.1) is 10.4 Å². The van der Waals surface area contributed by atoms with Crippen LogP contribution in [0.25, 0.3) is 10.9 Å². The molecular weight excluding hydrogens is 260 g/mol. The molecule has 5 nitrogen and oxygen atoms in total. The zero-order valence-corrected chi connectivity index (χ0v) is 10.7. The maximum Gasteiger partial charge on any atom is 0.225 e. The lowest BCUT2D eigenvalue weighted by atomic mass is 10.2. The Hall–Kier alpha value is -2.34. The number of pyridine rings is 1. The molecule has 94 valence electrons. The number of para-hydroxylation sites is 1. The van der Waals surface area contributed by atoms with Crippen molar-refractivity contribution in [3.63, 3.8) is 0 Å². The van der Waals surface area contributed by atoms with E-state index >= 15 is 0 Å². The van der Waals surface area contributed by atoms with Crippen LogP contribution in [-0.4, -0.2) is 19.2 Å². The number of aromatic nitrogens is 3. The fraction of sp³-hybridized carbons (Fsp3) is 0. The number of nitrogens with zero attached hydrogens (tertiary/aromatic N) is 3. The van der Waals surface area contributed by atoms with Gasteiger partial charge in [-0.15, -0.1) is 0 Å². The third-order valence-corrected chi connectivity index (χ3v) is 3.87. The third-order valence-electron chi connectivity index (χ3n) is 2.62. The normalized spacial score (nSPS) is 12.4. The lowest BCUT2D eigenvalue weighted by Crippen LogP contribution is -2.03. The molecule has 0 aliphatic heterocycles. The van der Waals surface area contributed by atoms with Gasteiger partial charge in [0.1, 0.15) is 16.6 Å². The van der Waals surface area contributed by atoms with Crippen molar-refractivity contribution in [1.29, 1.82) is 0 Å². The van der Waals surface area contributed by atoms with Crippen LogP contribution in [0.1, 0.15) is 0 Å². The van der Waals surface area contributed by atoms with Crippen LogP contribution < -0.4 is 5.73 Å². The van der Waals surface area contributed by atoms with E-state index in [9.17, 15) is 4.21 Å². The van der Waals surface area contributed by atoms with E-state index in [1.54, 1.807) is 18.3 Å². The number of hydrogen-bond acceptors (Lipinski definition) is 5. The Morgan fingerprint density at radius 1 is 1.00 bits per heavy atom. The summed E-state index contributed by atoms with van der Waals surface area (Å²) >= 11 is 0. The SMILES string of the molecule is Nc1ccnc(S(=O)c2cccc3cccnc23)n1. The quantitative estimate of drug-likeness (QED) is 0.718. The first-order valence-electron chi connectivity index (χ1n) is 5.60. The van der Waals surface area contributed by atoms with E-state index in [0.29, 0.717) is 16.2 Å². The van der Waals surface area contributed by atoms with Crippen molar-refractivity contribution in [3.8, 4) is 0 Å². The zero-order valence-electron chi connectivity index (χ0n) is 9.85. The Kier molecular flexibility index (Phi) is 2.92. The molecule has 3 aromatic rings. The zero-order chi connectivity index (χ0) is 13.2. The minimum atomic E-state index is -1.50. The van der Waals surface area contributed by atoms with Crippen LogP contribution in [0.5, 0.6) is 0 Å². The number of anilines is 1. The molecule has 0 amide bonds. The predicted molar refractivity (Wildman–Crippen MR) is 72.9 cm³/mol. The monoisotopic (exact) mass is 270 g/mol. The van der Waals surface area contributed by atoms with Crippen molar-refractivity contribution in [1.82, 2.24) is 15.0 Å². The average molecular weight is 270 g/mol. The van der Waals surface area contributed by atoms with Crippen LogP contribution in [0.3, 0.4) is 0 Å². The number of nitrogens with two attached hydrogens (primary N) is 1. The first-order chi connectivity index (χ1) is 9.25. The van der Waals surface area contributed by atoms with Crippen molar-refractivity contribution in [3.05, 3.63) is 48.8 Å². The molecule has 0 aliphatic rings. The summed E-state index contributed by atoms with van der Waals surface area (Å²) in [5.74, 6) is 0.298. The Labute approximate surface area is 112 Å². The van der Waals surface area contributed by atoms with Crippen LogP contribution in [0.15, 0.2) is 58.8 Å². The number of benzene rings is 1. The molecule has 1 unspecified atom stereocenters. The second-order valence-electron chi connectivity index (χ2n) is 3.86. The minimum Gasteiger partial charge on any atom is -0.384 e. The maximum absolute atomic E-state index is 12.5. The van der Waals surface area contributed by atoms with E-state index in [2.05, 4.69) is 15.0 Å². The minimum absolute atomic E-state index is 0.193. The molecule has 0 saturated carbocycles. The van der Waals surface area contributed by atoms with Crippen molar-refractivity contribution >= 4 is 27.5 Å². The molecule has 1 aromatic carbocycles. The fourth-order valence-electron chi connectivity index (χ4n) is 1.77. The number of fused-ring (bicyclic) bond motifs is 1. The Bertz CT molecular complexity index is 770. The van der Waals surface area contributed by atoms with Crippen molar-refractivity contribution in [2.45, 2.75) is 10.1 Å². The van der Waals surface area contributed by atoms with Gasteiger partial charge in [0, 0.05) is 17.8 Å². The predicted octanol–water partition coefficient (Wildman–Crippen LogP) is 1.77. The molecule has 0 saturated heterocycles. The van der Waals surface area contributed by atoms with E-state index < -0.39 is 10.8 Å². The standard InChI is InChI=1S/C13H10N4OS/c14-11-6-8-16-13(17-11)19(18)10-5-1-3-9-4-2-7-15-12(9)10/h1-8H,(H2,14,16,17). The van der Waals surface area contributed by atoms with Crippen molar-refractivity contribution in [2.75, 3.05) is 5.73 Å². The van der Waals surface area contributed by atoms with Gasteiger partial charge in [-0.3, -0.25) is 4.98 Å². The van der Waals surface area contributed by atoms with Crippen molar-refractivity contribution < 1.29 is 4.21 Å².